The number of carbonyl (C=O) groups is 1. The molecule has 130 valence electrons. The van der Waals surface area contributed by atoms with Gasteiger partial charge in [-0.25, -0.2) is 0 Å². The van der Waals surface area contributed by atoms with Gasteiger partial charge < -0.3 is 19.7 Å². The maximum Gasteiger partial charge on any atom is 0.159 e. The highest BCUT2D eigenvalue weighted by atomic mass is 16.5. The largest absolute Gasteiger partial charge is 0.395 e. The second kappa shape index (κ2) is 7.11. The lowest BCUT2D eigenvalue weighted by atomic mass is 9.89. The molecule has 1 aliphatic rings. The number of ketones is 1. The van der Waals surface area contributed by atoms with Crippen LogP contribution in [-0.4, -0.2) is 47.4 Å². The van der Waals surface area contributed by atoms with E-state index < -0.39 is 11.0 Å². The molecule has 1 saturated heterocycles. The molecule has 0 aliphatic carbocycles. The van der Waals surface area contributed by atoms with Crippen LogP contribution in [-0.2, 0) is 21.4 Å². The molecule has 6 heteroatoms. The van der Waals surface area contributed by atoms with E-state index in [-0.39, 0.29) is 18.8 Å². The van der Waals surface area contributed by atoms with Gasteiger partial charge in [-0.3, -0.25) is 4.79 Å². The Kier molecular flexibility index (Phi) is 5.60. The summed E-state index contributed by atoms with van der Waals surface area (Å²) >= 11 is 0. The molecule has 0 aromatic carbocycles. The van der Waals surface area contributed by atoms with E-state index in [4.69, 9.17) is 9.26 Å². The first kappa shape index (κ1) is 18.1. The van der Waals surface area contributed by atoms with Gasteiger partial charge in [0.2, 0.25) is 0 Å². The zero-order chi connectivity index (χ0) is 17.1. The second-order valence-electron chi connectivity index (χ2n) is 7.48. The molecule has 2 N–H and O–H groups in total. The van der Waals surface area contributed by atoms with Crippen LogP contribution in [0.2, 0.25) is 0 Å². The molecular weight excluding hydrogens is 296 g/mol. The molecule has 0 spiro atoms. The molecule has 6 nitrogen and oxygen atoms in total. The number of nitrogens with zero attached hydrogens (tertiary/aromatic N) is 1. The summed E-state index contributed by atoms with van der Waals surface area (Å²) in [5.74, 6) is 0.599. The molecule has 1 aliphatic heterocycles. The molecule has 0 unspecified atom stereocenters. The van der Waals surface area contributed by atoms with E-state index in [1.165, 1.54) is 0 Å². The van der Waals surface area contributed by atoms with Crippen molar-refractivity contribution in [2.75, 3.05) is 19.8 Å². The third-order valence-electron chi connectivity index (χ3n) is 4.47. The highest BCUT2D eigenvalue weighted by Gasteiger charge is 2.32. The Balaban J connectivity index is 1.97. The molecule has 1 aromatic heterocycles. The van der Waals surface area contributed by atoms with Crippen molar-refractivity contribution in [1.82, 2.24) is 10.5 Å². The van der Waals surface area contributed by atoms with Crippen LogP contribution in [0.5, 0.6) is 0 Å². The van der Waals surface area contributed by atoms with Crippen LogP contribution in [0.1, 0.15) is 52.0 Å². The van der Waals surface area contributed by atoms with Crippen LogP contribution >= 0.6 is 0 Å². The van der Waals surface area contributed by atoms with E-state index in [9.17, 15) is 9.90 Å². The van der Waals surface area contributed by atoms with E-state index in [1.807, 2.05) is 27.7 Å². The van der Waals surface area contributed by atoms with Crippen LogP contribution in [0.3, 0.4) is 0 Å². The fraction of sp³-hybridized carbons (Fsp3) is 0.765. The summed E-state index contributed by atoms with van der Waals surface area (Å²) in [5, 5.41) is 16.8. The maximum absolute atomic E-state index is 12.6. The normalized spacial score (nSPS) is 17.4. The van der Waals surface area contributed by atoms with Gasteiger partial charge >= 0.3 is 0 Å². The quantitative estimate of drug-likeness (QED) is 0.792. The highest BCUT2D eigenvalue weighted by molar-refractivity contribution is 5.89. The first-order chi connectivity index (χ1) is 10.7. The van der Waals surface area contributed by atoms with Gasteiger partial charge in [0, 0.05) is 30.7 Å². The molecular formula is C17H28N2O4. The molecule has 1 fully saturated rings. The fourth-order valence-electron chi connectivity index (χ4n) is 2.61. The average Bonchev–Trinajstić information content (AvgIpc) is 2.97. The number of hydrogen-bond acceptors (Lipinski definition) is 6. The third kappa shape index (κ3) is 4.62. The van der Waals surface area contributed by atoms with E-state index in [0.29, 0.717) is 17.5 Å². The van der Waals surface area contributed by atoms with Crippen LogP contribution in [0.4, 0.5) is 0 Å². The molecule has 2 heterocycles. The summed E-state index contributed by atoms with van der Waals surface area (Å²) in [6.07, 6.45) is 2.04. The van der Waals surface area contributed by atoms with E-state index in [2.05, 4.69) is 10.5 Å². The Labute approximate surface area is 137 Å². The monoisotopic (exact) mass is 324 g/mol. The smallest absolute Gasteiger partial charge is 0.159 e. The maximum atomic E-state index is 12.6. The zero-order valence-corrected chi connectivity index (χ0v) is 14.5. The van der Waals surface area contributed by atoms with Crippen LogP contribution in [0.15, 0.2) is 10.6 Å². The van der Waals surface area contributed by atoms with Gasteiger partial charge in [0.1, 0.15) is 5.76 Å². The van der Waals surface area contributed by atoms with Crippen molar-refractivity contribution < 1.29 is 19.2 Å². The predicted octanol–water partition coefficient (Wildman–Crippen LogP) is 1.60. The summed E-state index contributed by atoms with van der Waals surface area (Å²) in [7, 11) is 0. The highest BCUT2D eigenvalue weighted by Crippen LogP contribution is 2.23. The summed E-state index contributed by atoms with van der Waals surface area (Å²) in [5.41, 5.74) is -0.430. The number of Topliss-reactive ketones (excluding diaryl/α,β-unsaturated/α-hetero) is 1. The standard InChI is InChI=1S/C17H28N2O4/c1-16(2,11-20)14-9-13(23-19-14)10-15(21)17(3,4)18-12-5-7-22-8-6-12/h9,12,18,20H,5-8,10-11H2,1-4H3. The van der Waals surface area contributed by atoms with E-state index >= 15 is 0 Å². The van der Waals surface area contributed by atoms with Crippen molar-refractivity contribution in [2.45, 2.75) is 64.0 Å². The van der Waals surface area contributed by atoms with E-state index in [1.54, 1.807) is 6.07 Å². The minimum absolute atomic E-state index is 0.0241. The van der Waals surface area contributed by atoms with Gasteiger partial charge in [-0.15, -0.1) is 0 Å². The number of aromatic nitrogens is 1. The average molecular weight is 324 g/mol. The van der Waals surface area contributed by atoms with Gasteiger partial charge in [0.05, 0.1) is 24.3 Å². The molecule has 23 heavy (non-hydrogen) atoms. The van der Waals surface area contributed by atoms with Crippen molar-refractivity contribution in [3.8, 4) is 0 Å². The van der Waals surface area contributed by atoms with Gasteiger partial charge in [-0.1, -0.05) is 19.0 Å². The summed E-state index contributed by atoms with van der Waals surface area (Å²) in [6.45, 7) is 9.02. The number of aliphatic hydroxyl groups excluding tert-OH is 1. The fourth-order valence-corrected chi connectivity index (χ4v) is 2.61. The Morgan fingerprint density at radius 2 is 2.00 bits per heavy atom. The molecule has 0 bridgehead atoms. The van der Waals surface area contributed by atoms with Crippen molar-refractivity contribution >= 4 is 5.78 Å². The van der Waals surface area contributed by atoms with Gasteiger partial charge in [0.25, 0.3) is 0 Å². The predicted molar refractivity (Wildman–Crippen MR) is 86.4 cm³/mol. The van der Waals surface area contributed by atoms with Crippen molar-refractivity contribution in [1.29, 1.82) is 0 Å². The number of carbonyl (C=O) groups excluding carboxylic acids is 1. The zero-order valence-electron chi connectivity index (χ0n) is 14.5. The third-order valence-corrected chi connectivity index (χ3v) is 4.47. The minimum atomic E-state index is -0.624. The number of rotatable bonds is 7. The number of aliphatic hydroxyl groups is 1. The molecule has 0 amide bonds. The Morgan fingerprint density at radius 1 is 1.35 bits per heavy atom. The molecule has 0 saturated carbocycles. The van der Waals surface area contributed by atoms with Crippen LogP contribution in [0.25, 0.3) is 0 Å². The number of hydrogen-bond donors (Lipinski definition) is 2. The van der Waals surface area contributed by atoms with Gasteiger partial charge in [-0.05, 0) is 26.7 Å². The van der Waals surface area contributed by atoms with Gasteiger partial charge in [-0.2, -0.15) is 0 Å². The number of ether oxygens (including phenoxy) is 1. The molecule has 0 atom stereocenters. The Bertz CT molecular complexity index is 530. The second-order valence-corrected chi connectivity index (χ2v) is 7.48. The minimum Gasteiger partial charge on any atom is -0.395 e. The molecule has 0 radical (unpaired) electrons. The molecule has 2 rings (SSSR count). The van der Waals surface area contributed by atoms with Crippen LogP contribution < -0.4 is 5.32 Å². The number of nitrogens with one attached hydrogen (secondary N) is 1. The summed E-state index contributed by atoms with van der Waals surface area (Å²) < 4.78 is 10.6. The lowest BCUT2D eigenvalue weighted by Gasteiger charge is -2.32. The SMILES string of the molecule is CC(C)(NC1CCOCC1)C(=O)Cc1cc(C(C)(C)CO)no1. The van der Waals surface area contributed by atoms with Crippen molar-refractivity contribution in [3.05, 3.63) is 17.5 Å². The Hall–Kier alpha value is -1.24. The van der Waals surface area contributed by atoms with Gasteiger partial charge in [0.15, 0.2) is 5.78 Å². The summed E-state index contributed by atoms with van der Waals surface area (Å²) in [4.78, 5) is 12.6. The molecule has 1 aromatic rings. The first-order valence-electron chi connectivity index (χ1n) is 8.20. The van der Waals surface area contributed by atoms with Crippen molar-refractivity contribution in [2.24, 2.45) is 0 Å². The summed E-state index contributed by atoms with van der Waals surface area (Å²) in [6, 6.07) is 2.07. The Morgan fingerprint density at radius 3 is 2.61 bits per heavy atom. The lowest BCUT2D eigenvalue weighted by molar-refractivity contribution is -0.124. The van der Waals surface area contributed by atoms with E-state index in [0.717, 1.165) is 26.1 Å². The van der Waals surface area contributed by atoms with Crippen LogP contribution in [0, 0.1) is 0 Å². The topological polar surface area (TPSA) is 84.6 Å². The lowest BCUT2D eigenvalue weighted by Crippen LogP contribution is -2.53. The first-order valence-corrected chi connectivity index (χ1v) is 8.20. The van der Waals surface area contributed by atoms with Crippen molar-refractivity contribution in [3.63, 3.8) is 0 Å².